The van der Waals surface area contributed by atoms with Crippen LogP contribution in [0, 0.1) is 12.8 Å². The lowest BCUT2D eigenvalue weighted by Crippen LogP contribution is -2.43. The molecule has 1 aromatic heterocycles. The average molecular weight is 458 g/mol. The Morgan fingerprint density at radius 3 is 2.44 bits per heavy atom. The summed E-state index contributed by atoms with van der Waals surface area (Å²) in [7, 11) is -2.21. The standard InChI is InChI=1S/C23H27N3O5S/c1-15-4-7-20(31-15)14-24-23(27)18-10-12-26(13-11-18)22-16(2)21(32(28,29)25-22)17-5-8-19(30-3)9-6-17/h4-9,18H,10-14H2,1-3H3,(H,24,27). The second kappa shape index (κ2) is 8.82. The molecule has 1 fully saturated rings. The molecule has 1 saturated heterocycles. The number of furan rings is 1. The number of amides is 1. The van der Waals surface area contributed by atoms with Gasteiger partial charge in [0, 0.05) is 24.6 Å². The quantitative estimate of drug-likeness (QED) is 0.740. The molecule has 2 aromatic rings. The van der Waals surface area contributed by atoms with Crippen LogP contribution in [0.25, 0.3) is 4.91 Å². The highest BCUT2D eigenvalue weighted by atomic mass is 32.2. The summed E-state index contributed by atoms with van der Waals surface area (Å²) >= 11 is 0. The first-order valence-corrected chi connectivity index (χ1v) is 12.0. The molecule has 170 valence electrons. The lowest BCUT2D eigenvalue weighted by molar-refractivity contribution is -0.126. The van der Waals surface area contributed by atoms with Gasteiger partial charge in [-0.2, -0.15) is 8.42 Å². The van der Waals surface area contributed by atoms with Crippen molar-refractivity contribution < 1.29 is 22.4 Å². The fourth-order valence-corrected chi connectivity index (χ4v) is 5.66. The van der Waals surface area contributed by atoms with E-state index < -0.39 is 10.0 Å². The molecule has 3 heterocycles. The number of sulfonamides is 1. The molecule has 0 spiro atoms. The lowest BCUT2D eigenvalue weighted by atomic mass is 9.95. The molecule has 32 heavy (non-hydrogen) atoms. The number of piperidine rings is 1. The highest BCUT2D eigenvalue weighted by Gasteiger charge is 2.35. The van der Waals surface area contributed by atoms with Gasteiger partial charge in [-0.3, -0.25) is 4.79 Å². The zero-order valence-corrected chi connectivity index (χ0v) is 19.2. The number of amidine groups is 1. The number of nitrogens with one attached hydrogen (secondary N) is 1. The van der Waals surface area contributed by atoms with Gasteiger partial charge in [-0.1, -0.05) is 0 Å². The van der Waals surface area contributed by atoms with Gasteiger partial charge in [-0.25, -0.2) is 0 Å². The van der Waals surface area contributed by atoms with Crippen molar-refractivity contribution in [1.29, 1.82) is 0 Å². The third-order valence-electron chi connectivity index (χ3n) is 5.89. The van der Waals surface area contributed by atoms with Gasteiger partial charge < -0.3 is 19.4 Å². The molecule has 0 atom stereocenters. The Hall–Kier alpha value is -3.07. The molecule has 1 amide bonds. The minimum absolute atomic E-state index is 0.00845. The molecule has 0 saturated carbocycles. The predicted molar refractivity (Wildman–Crippen MR) is 122 cm³/mol. The summed E-state index contributed by atoms with van der Waals surface area (Å²) in [5.41, 5.74) is 1.22. The van der Waals surface area contributed by atoms with Crippen LogP contribution in [0.4, 0.5) is 0 Å². The Bertz CT molecular complexity index is 1170. The van der Waals surface area contributed by atoms with E-state index in [2.05, 4.69) is 9.71 Å². The molecule has 2 aliphatic heterocycles. The van der Waals surface area contributed by atoms with Gasteiger partial charge in [0.2, 0.25) is 5.91 Å². The Balaban J connectivity index is 1.41. The maximum Gasteiger partial charge on any atom is 0.285 e. The molecule has 0 aliphatic carbocycles. The largest absolute Gasteiger partial charge is 0.497 e. The Labute approximate surface area is 188 Å². The van der Waals surface area contributed by atoms with Crippen LogP contribution in [0.15, 0.2) is 50.8 Å². The maximum absolute atomic E-state index is 12.8. The van der Waals surface area contributed by atoms with Crippen molar-refractivity contribution in [2.75, 3.05) is 20.2 Å². The molecule has 4 rings (SSSR count). The van der Waals surface area contributed by atoms with Crippen LogP contribution in [-0.2, 0) is 21.4 Å². The Morgan fingerprint density at radius 1 is 1.16 bits per heavy atom. The van der Waals surface area contributed by atoms with Gasteiger partial charge in [-0.15, -0.1) is 4.40 Å². The summed E-state index contributed by atoms with van der Waals surface area (Å²) in [6.07, 6.45) is 1.26. The highest BCUT2D eigenvalue weighted by molar-refractivity contribution is 8.00. The molecule has 1 N–H and O–H groups in total. The molecule has 0 unspecified atom stereocenters. The molecular weight excluding hydrogens is 430 g/mol. The van der Waals surface area contributed by atoms with Crippen LogP contribution in [0.5, 0.6) is 5.75 Å². The number of hydrogen-bond donors (Lipinski definition) is 1. The summed E-state index contributed by atoms with van der Waals surface area (Å²) in [6.45, 7) is 5.15. The molecule has 0 bridgehead atoms. The SMILES string of the molecule is COc1ccc(C2=C(C)C(N3CCC(C(=O)NCc4ccc(C)o4)CC3)=NS2(=O)=O)cc1. The fourth-order valence-electron chi connectivity index (χ4n) is 4.18. The van der Waals surface area contributed by atoms with E-state index in [1.54, 1.807) is 38.3 Å². The number of aryl methyl sites for hydroxylation is 1. The number of carbonyl (C=O) groups excluding carboxylic acids is 1. The van der Waals surface area contributed by atoms with E-state index in [4.69, 9.17) is 9.15 Å². The topological polar surface area (TPSA) is 101 Å². The van der Waals surface area contributed by atoms with Crippen LogP contribution >= 0.6 is 0 Å². The van der Waals surface area contributed by atoms with E-state index in [0.717, 1.165) is 11.5 Å². The molecule has 2 aliphatic rings. The molecule has 9 heteroatoms. The van der Waals surface area contributed by atoms with Crippen LogP contribution in [0.2, 0.25) is 0 Å². The van der Waals surface area contributed by atoms with Gasteiger partial charge in [0.25, 0.3) is 10.0 Å². The number of carbonyl (C=O) groups is 1. The number of rotatable bonds is 5. The normalized spacial score (nSPS) is 18.6. The number of benzene rings is 1. The van der Waals surface area contributed by atoms with E-state index in [-0.39, 0.29) is 16.7 Å². The van der Waals surface area contributed by atoms with Crippen molar-refractivity contribution in [3.63, 3.8) is 0 Å². The minimum Gasteiger partial charge on any atom is -0.497 e. The van der Waals surface area contributed by atoms with Crippen molar-refractivity contribution in [3.8, 4) is 5.75 Å². The smallest absolute Gasteiger partial charge is 0.285 e. The Morgan fingerprint density at radius 2 is 1.84 bits per heavy atom. The van der Waals surface area contributed by atoms with Crippen LogP contribution < -0.4 is 10.1 Å². The third kappa shape index (κ3) is 4.43. The van der Waals surface area contributed by atoms with E-state index in [1.165, 1.54) is 0 Å². The lowest BCUT2D eigenvalue weighted by Gasteiger charge is -2.32. The van der Waals surface area contributed by atoms with Gasteiger partial charge in [-0.05, 0) is 68.7 Å². The first kappa shape index (κ1) is 22.1. The minimum atomic E-state index is -3.78. The summed E-state index contributed by atoms with van der Waals surface area (Å²) < 4.78 is 40.3. The predicted octanol–water partition coefficient (Wildman–Crippen LogP) is 3.10. The van der Waals surface area contributed by atoms with E-state index in [0.29, 0.717) is 55.2 Å². The number of nitrogens with zero attached hydrogens (tertiary/aromatic N) is 2. The van der Waals surface area contributed by atoms with E-state index >= 15 is 0 Å². The zero-order valence-electron chi connectivity index (χ0n) is 18.4. The number of hydrogen-bond acceptors (Lipinski definition) is 6. The van der Waals surface area contributed by atoms with Crippen molar-refractivity contribution in [3.05, 3.63) is 59.1 Å². The number of methoxy groups -OCH3 is 1. The third-order valence-corrected chi connectivity index (χ3v) is 7.36. The second-order valence-electron chi connectivity index (χ2n) is 8.06. The van der Waals surface area contributed by atoms with Crippen LogP contribution in [0.1, 0.15) is 36.8 Å². The van der Waals surface area contributed by atoms with E-state index in [1.807, 2.05) is 24.0 Å². The highest BCUT2D eigenvalue weighted by Crippen LogP contribution is 2.35. The van der Waals surface area contributed by atoms with Crippen molar-refractivity contribution in [2.45, 2.75) is 33.2 Å². The van der Waals surface area contributed by atoms with Gasteiger partial charge in [0.15, 0.2) is 0 Å². The fraction of sp³-hybridized carbons (Fsp3) is 0.391. The summed E-state index contributed by atoms with van der Waals surface area (Å²) in [4.78, 5) is 14.7. The van der Waals surface area contributed by atoms with Crippen LogP contribution in [0.3, 0.4) is 0 Å². The molecule has 1 aromatic carbocycles. The summed E-state index contributed by atoms with van der Waals surface area (Å²) in [6, 6.07) is 10.6. The zero-order chi connectivity index (χ0) is 22.9. The van der Waals surface area contributed by atoms with Crippen molar-refractivity contribution >= 4 is 26.7 Å². The first-order valence-electron chi connectivity index (χ1n) is 10.6. The first-order chi connectivity index (χ1) is 15.3. The van der Waals surface area contributed by atoms with E-state index in [9.17, 15) is 13.2 Å². The summed E-state index contributed by atoms with van der Waals surface area (Å²) in [5, 5.41) is 2.93. The number of ether oxygens (including phenoxy) is 1. The van der Waals surface area contributed by atoms with Gasteiger partial charge in [0.1, 0.15) is 28.0 Å². The second-order valence-corrected chi connectivity index (χ2v) is 9.61. The van der Waals surface area contributed by atoms with Gasteiger partial charge in [0.05, 0.1) is 13.7 Å². The van der Waals surface area contributed by atoms with Crippen molar-refractivity contribution in [2.24, 2.45) is 10.3 Å². The molecule has 8 nitrogen and oxygen atoms in total. The summed E-state index contributed by atoms with van der Waals surface area (Å²) in [5.74, 6) is 2.54. The van der Waals surface area contributed by atoms with Crippen molar-refractivity contribution in [1.82, 2.24) is 10.2 Å². The maximum atomic E-state index is 12.8. The monoisotopic (exact) mass is 457 g/mol. The molecule has 0 radical (unpaired) electrons. The molecular formula is C23H27N3O5S. The number of likely N-dealkylation sites (tertiary alicyclic amines) is 1. The Kier molecular flexibility index (Phi) is 6.10. The van der Waals surface area contributed by atoms with Gasteiger partial charge >= 0.3 is 0 Å². The van der Waals surface area contributed by atoms with Crippen LogP contribution in [-0.4, -0.2) is 45.3 Å². The average Bonchev–Trinajstić information content (AvgIpc) is 3.31.